The molecule has 2 aromatic heterocycles. The summed E-state index contributed by atoms with van der Waals surface area (Å²) in [5.41, 5.74) is 5.91. The van der Waals surface area contributed by atoms with Crippen LogP contribution in [0.5, 0.6) is 0 Å². The zero-order valence-electron chi connectivity index (χ0n) is 16.1. The summed E-state index contributed by atoms with van der Waals surface area (Å²) in [6.45, 7) is 10.0. The van der Waals surface area contributed by atoms with Crippen molar-refractivity contribution in [3.8, 4) is 6.07 Å². The molecule has 0 radical (unpaired) electrons. The number of amides is 1. The molecule has 0 aliphatic carbocycles. The number of carbonyl (C=O) groups excluding carboxylic acids is 1. The molecule has 0 atom stereocenters. The number of nitriles is 1. The van der Waals surface area contributed by atoms with Crippen LogP contribution in [-0.2, 0) is 4.79 Å². The van der Waals surface area contributed by atoms with Gasteiger partial charge in [0.25, 0.3) is 0 Å². The molecule has 27 heavy (non-hydrogen) atoms. The van der Waals surface area contributed by atoms with E-state index in [-0.39, 0.29) is 11.7 Å². The molecule has 3 rings (SSSR count). The van der Waals surface area contributed by atoms with Crippen LogP contribution in [0, 0.1) is 45.9 Å². The number of nitrogens with one attached hydrogen (secondary N) is 1. The van der Waals surface area contributed by atoms with Crippen LogP contribution < -0.4 is 5.32 Å². The van der Waals surface area contributed by atoms with Crippen LogP contribution in [0.2, 0.25) is 0 Å². The average molecular weight is 396 g/mol. The molecule has 4 nitrogen and oxygen atoms in total. The highest BCUT2D eigenvalue weighted by molar-refractivity contribution is 8.00. The molecule has 6 heteroatoms. The highest BCUT2D eigenvalue weighted by Gasteiger charge is 2.15. The number of hydrogen-bond acceptors (Lipinski definition) is 5. The van der Waals surface area contributed by atoms with Crippen molar-refractivity contribution in [2.75, 3.05) is 11.1 Å². The van der Waals surface area contributed by atoms with Crippen molar-refractivity contribution in [2.45, 2.75) is 39.6 Å². The summed E-state index contributed by atoms with van der Waals surface area (Å²) in [4.78, 5) is 18.3. The molecule has 1 N–H and O–H groups in total. The Morgan fingerprint density at radius 3 is 2.63 bits per heavy atom. The van der Waals surface area contributed by atoms with Gasteiger partial charge in [-0.05, 0) is 62.9 Å². The van der Waals surface area contributed by atoms with Gasteiger partial charge in [-0.3, -0.25) is 4.79 Å². The minimum absolute atomic E-state index is 0.125. The molecule has 0 bridgehead atoms. The molecule has 0 spiro atoms. The van der Waals surface area contributed by atoms with Gasteiger partial charge in [-0.1, -0.05) is 23.9 Å². The van der Waals surface area contributed by atoms with Crippen molar-refractivity contribution < 1.29 is 4.79 Å². The lowest BCUT2D eigenvalue weighted by atomic mass is 10.0. The van der Waals surface area contributed by atoms with Gasteiger partial charge in [0, 0.05) is 10.3 Å². The number of rotatable bonds is 4. The molecule has 0 fully saturated rings. The molecule has 0 unspecified atom stereocenters. The zero-order valence-corrected chi connectivity index (χ0v) is 17.7. The van der Waals surface area contributed by atoms with E-state index in [0.717, 1.165) is 31.9 Å². The number of anilines is 1. The normalized spacial score (nSPS) is 10.8. The fourth-order valence-electron chi connectivity index (χ4n) is 2.86. The van der Waals surface area contributed by atoms with Crippen molar-refractivity contribution in [1.29, 1.82) is 5.26 Å². The predicted molar refractivity (Wildman–Crippen MR) is 114 cm³/mol. The van der Waals surface area contributed by atoms with Crippen LogP contribution in [0.15, 0.2) is 23.2 Å². The van der Waals surface area contributed by atoms with Crippen LogP contribution >= 0.6 is 23.1 Å². The third-order valence-electron chi connectivity index (χ3n) is 4.75. The summed E-state index contributed by atoms with van der Waals surface area (Å²) in [5.74, 6) is 0.130. The van der Waals surface area contributed by atoms with E-state index in [4.69, 9.17) is 4.98 Å². The van der Waals surface area contributed by atoms with Gasteiger partial charge in [0.15, 0.2) is 0 Å². The summed E-state index contributed by atoms with van der Waals surface area (Å²) in [6.07, 6.45) is 0. The van der Waals surface area contributed by atoms with Crippen LogP contribution in [0.3, 0.4) is 0 Å². The monoisotopic (exact) mass is 395 g/mol. The first kappa shape index (κ1) is 19.4. The van der Waals surface area contributed by atoms with Crippen molar-refractivity contribution in [1.82, 2.24) is 4.98 Å². The largest absolute Gasteiger partial charge is 0.316 e. The molecule has 0 saturated carbocycles. The van der Waals surface area contributed by atoms with E-state index < -0.39 is 0 Å². The molecule has 138 valence electrons. The SMILES string of the molecule is Cc1cc2ccc(C)c(C)c2nc1SCC(=O)Nc1sc(C)c(C)c1C#N. The zero-order chi connectivity index (χ0) is 19.7. The number of nitrogens with zero attached hydrogens (tertiary/aromatic N) is 2. The molecule has 0 aliphatic heterocycles. The summed E-state index contributed by atoms with van der Waals surface area (Å²) in [6, 6.07) is 8.50. The molecular weight excluding hydrogens is 374 g/mol. The van der Waals surface area contributed by atoms with E-state index in [0.29, 0.717) is 10.6 Å². The number of thioether (sulfide) groups is 1. The third-order valence-corrected chi connectivity index (χ3v) is 6.96. The van der Waals surface area contributed by atoms with E-state index in [1.165, 1.54) is 34.2 Å². The van der Waals surface area contributed by atoms with Crippen LogP contribution in [-0.4, -0.2) is 16.6 Å². The number of carbonyl (C=O) groups is 1. The highest BCUT2D eigenvalue weighted by Crippen LogP contribution is 2.32. The Labute approximate surface area is 167 Å². The summed E-state index contributed by atoms with van der Waals surface area (Å²) >= 11 is 2.87. The number of benzene rings is 1. The Morgan fingerprint density at radius 2 is 1.93 bits per heavy atom. The van der Waals surface area contributed by atoms with Crippen LogP contribution in [0.1, 0.15) is 32.7 Å². The molecule has 1 amide bonds. The Bertz CT molecular complexity index is 1090. The lowest BCUT2D eigenvalue weighted by Gasteiger charge is -2.10. The second-order valence-electron chi connectivity index (χ2n) is 6.63. The number of aryl methyl sites for hydroxylation is 4. The Morgan fingerprint density at radius 1 is 1.19 bits per heavy atom. The number of hydrogen-bond donors (Lipinski definition) is 1. The Hall–Kier alpha value is -2.36. The van der Waals surface area contributed by atoms with Gasteiger partial charge in [0.05, 0.1) is 16.8 Å². The fraction of sp³-hybridized carbons (Fsp3) is 0.286. The quantitative estimate of drug-likeness (QED) is 0.597. The van der Waals surface area contributed by atoms with E-state index in [1.807, 2.05) is 20.8 Å². The molecule has 0 aliphatic rings. The highest BCUT2D eigenvalue weighted by atomic mass is 32.2. The first-order valence-electron chi connectivity index (χ1n) is 8.62. The van der Waals surface area contributed by atoms with E-state index in [9.17, 15) is 10.1 Å². The van der Waals surface area contributed by atoms with Crippen LogP contribution in [0.25, 0.3) is 10.9 Å². The number of thiophene rings is 1. The maximum Gasteiger partial charge on any atom is 0.235 e. The van der Waals surface area contributed by atoms with Crippen molar-refractivity contribution in [3.63, 3.8) is 0 Å². The average Bonchev–Trinajstić information content (AvgIpc) is 2.90. The Balaban J connectivity index is 1.78. The summed E-state index contributed by atoms with van der Waals surface area (Å²) in [7, 11) is 0. The third kappa shape index (κ3) is 3.85. The predicted octanol–water partition coefficient (Wildman–Crippen LogP) is 5.44. The van der Waals surface area contributed by atoms with Gasteiger partial charge in [0.2, 0.25) is 5.91 Å². The number of fused-ring (bicyclic) bond motifs is 1. The number of aromatic nitrogens is 1. The standard InChI is InChI=1S/C21H21N3OS2/c1-11-6-7-16-8-12(2)20(24-19(16)13(11)3)26-10-18(25)23-21-17(9-22)14(4)15(5)27-21/h6-8H,10H2,1-5H3,(H,23,25). The summed E-state index contributed by atoms with van der Waals surface area (Å²) in [5, 5.41) is 14.8. The topological polar surface area (TPSA) is 65.8 Å². The van der Waals surface area contributed by atoms with Gasteiger partial charge in [-0.15, -0.1) is 11.3 Å². The molecule has 1 aromatic carbocycles. The second kappa shape index (κ2) is 7.71. The summed E-state index contributed by atoms with van der Waals surface area (Å²) < 4.78 is 0. The number of pyridine rings is 1. The molecule has 2 heterocycles. The lowest BCUT2D eigenvalue weighted by molar-refractivity contribution is -0.113. The van der Waals surface area contributed by atoms with Gasteiger partial charge in [0.1, 0.15) is 16.1 Å². The van der Waals surface area contributed by atoms with E-state index in [2.05, 4.69) is 43.4 Å². The van der Waals surface area contributed by atoms with Gasteiger partial charge in [-0.25, -0.2) is 4.98 Å². The van der Waals surface area contributed by atoms with Crippen LogP contribution in [0.4, 0.5) is 5.00 Å². The molecule has 0 saturated heterocycles. The Kier molecular flexibility index (Phi) is 5.54. The van der Waals surface area contributed by atoms with Crippen molar-refractivity contribution in [2.24, 2.45) is 0 Å². The first-order valence-corrected chi connectivity index (χ1v) is 10.4. The van der Waals surface area contributed by atoms with Gasteiger partial charge >= 0.3 is 0 Å². The van der Waals surface area contributed by atoms with Crippen molar-refractivity contribution in [3.05, 3.63) is 50.9 Å². The minimum atomic E-state index is -0.125. The lowest BCUT2D eigenvalue weighted by Crippen LogP contribution is -2.14. The fourth-order valence-corrected chi connectivity index (χ4v) is 4.67. The first-order chi connectivity index (χ1) is 12.8. The van der Waals surface area contributed by atoms with Crippen molar-refractivity contribution >= 4 is 44.9 Å². The molecular formula is C21H21N3OS2. The second-order valence-corrected chi connectivity index (χ2v) is 8.81. The van der Waals surface area contributed by atoms with E-state index in [1.54, 1.807) is 0 Å². The van der Waals surface area contributed by atoms with Gasteiger partial charge < -0.3 is 5.32 Å². The smallest absolute Gasteiger partial charge is 0.235 e. The molecule has 3 aromatic rings. The van der Waals surface area contributed by atoms with E-state index >= 15 is 0 Å². The minimum Gasteiger partial charge on any atom is -0.316 e. The maximum absolute atomic E-state index is 12.4. The van der Waals surface area contributed by atoms with Gasteiger partial charge in [-0.2, -0.15) is 5.26 Å². The maximum atomic E-state index is 12.4.